The van der Waals surface area contributed by atoms with Crippen LogP contribution in [0.2, 0.25) is 0 Å². The van der Waals surface area contributed by atoms with Crippen LogP contribution in [0.4, 0.5) is 0 Å². The van der Waals surface area contributed by atoms with Crippen molar-refractivity contribution in [3.63, 3.8) is 0 Å². The minimum Gasteiger partial charge on any atom is -0.481 e. The maximum atomic E-state index is 11.8. The highest BCUT2D eigenvalue weighted by atomic mass is 16.5. The number of hydrogen-bond acceptors (Lipinski definition) is 3. The lowest BCUT2D eigenvalue weighted by Crippen LogP contribution is -2.43. The first-order valence-electron chi connectivity index (χ1n) is 8.07. The number of carboxylic acid groups (broad SMARTS) is 1. The second-order valence-electron chi connectivity index (χ2n) is 6.78. The summed E-state index contributed by atoms with van der Waals surface area (Å²) in [7, 11) is 5.85. The highest BCUT2D eigenvalue weighted by molar-refractivity contribution is 5.71. The number of carboxylic acids is 1. The SMILES string of the molecule is C=CCCCCCCCC(=O)OC(CC(=O)O)C[N+](C)(C)C. The van der Waals surface area contributed by atoms with Crippen LogP contribution in [0.15, 0.2) is 12.7 Å². The number of carbonyl (C=O) groups is 2. The van der Waals surface area contributed by atoms with Gasteiger partial charge in [-0.3, -0.25) is 9.59 Å². The Bertz CT molecular complexity index is 347. The van der Waals surface area contributed by atoms with Crippen molar-refractivity contribution in [1.82, 2.24) is 0 Å². The number of likely N-dealkylation sites (N-methyl/N-ethyl adjacent to an activating group) is 1. The van der Waals surface area contributed by atoms with Crippen LogP contribution in [0.5, 0.6) is 0 Å². The third-order valence-electron chi connectivity index (χ3n) is 3.24. The summed E-state index contributed by atoms with van der Waals surface area (Å²) in [6.07, 6.45) is 7.87. The van der Waals surface area contributed by atoms with E-state index in [0.717, 1.165) is 38.5 Å². The minimum absolute atomic E-state index is 0.136. The molecule has 0 saturated carbocycles. The molecule has 0 heterocycles. The van der Waals surface area contributed by atoms with Crippen LogP contribution in [0.3, 0.4) is 0 Å². The van der Waals surface area contributed by atoms with E-state index in [1.54, 1.807) is 0 Å². The Morgan fingerprint density at radius 3 is 2.27 bits per heavy atom. The molecule has 128 valence electrons. The standard InChI is InChI=1S/C17H31NO4/c1-5-6-7-8-9-10-11-12-17(21)22-15(13-16(19)20)14-18(2,3)4/h5,15H,1,6-14H2,2-4H3/p+1. The maximum absolute atomic E-state index is 11.8. The van der Waals surface area contributed by atoms with Gasteiger partial charge in [0.1, 0.15) is 6.54 Å². The maximum Gasteiger partial charge on any atom is 0.307 e. The van der Waals surface area contributed by atoms with E-state index < -0.39 is 12.1 Å². The molecule has 0 spiro atoms. The zero-order valence-corrected chi connectivity index (χ0v) is 14.3. The molecule has 0 fully saturated rings. The second kappa shape index (κ2) is 11.2. The predicted molar refractivity (Wildman–Crippen MR) is 87.5 cm³/mol. The Morgan fingerprint density at radius 1 is 1.14 bits per heavy atom. The summed E-state index contributed by atoms with van der Waals surface area (Å²) in [5.41, 5.74) is 0. The third-order valence-corrected chi connectivity index (χ3v) is 3.24. The Hall–Kier alpha value is -1.36. The molecular formula is C17H32NO4+. The Labute approximate surface area is 134 Å². The molecule has 0 amide bonds. The van der Waals surface area contributed by atoms with Gasteiger partial charge in [0, 0.05) is 6.42 Å². The summed E-state index contributed by atoms with van der Waals surface area (Å²) in [5, 5.41) is 8.91. The zero-order valence-electron chi connectivity index (χ0n) is 14.3. The third kappa shape index (κ3) is 13.6. The smallest absolute Gasteiger partial charge is 0.307 e. The van der Waals surface area contributed by atoms with Crippen LogP contribution in [0.1, 0.15) is 51.4 Å². The number of ether oxygens (including phenoxy) is 1. The van der Waals surface area contributed by atoms with Gasteiger partial charge >= 0.3 is 11.9 Å². The molecular weight excluding hydrogens is 282 g/mol. The Balaban J connectivity index is 3.96. The lowest BCUT2D eigenvalue weighted by molar-refractivity contribution is -0.873. The summed E-state index contributed by atoms with van der Waals surface area (Å²) in [6, 6.07) is 0. The quantitative estimate of drug-likeness (QED) is 0.246. The highest BCUT2D eigenvalue weighted by Gasteiger charge is 2.24. The van der Waals surface area contributed by atoms with Gasteiger partial charge in [-0.25, -0.2) is 0 Å². The Kier molecular flexibility index (Phi) is 10.5. The van der Waals surface area contributed by atoms with E-state index in [4.69, 9.17) is 9.84 Å². The van der Waals surface area contributed by atoms with Gasteiger partial charge < -0.3 is 14.3 Å². The van der Waals surface area contributed by atoms with Crippen LogP contribution < -0.4 is 0 Å². The van der Waals surface area contributed by atoms with Crippen molar-refractivity contribution < 1.29 is 23.9 Å². The zero-order chi connectivity index (χ0) is 17.0. The molecule has 0 saturated heterocycles. The molecule has 5 nitrogen and oxygen atoms in total. The van der Waals surface area contributed by atoms with E-state index in [1.165, 1.54) is 0 Å². The van der Waals surface area contributed by atoms with E-state index in [0.29, 0.717) is 17.4 Å². The van der Waals surface area contributed by atoms with Crippen molar-refractivity contribution in [2.45, 2.75) is 57.5 Å². The van der Waals surface area contributed by atoms with E-state index in [9.17, 15) is 9.59 Å². The van der Waals surface area contributed by atoms with Gasteiger partial charge in [0.2, 0.25) is 0 Å². The minimum atomic E-state index is -0.937. The number of allylic oxidation sites excluding steroid dienone is 1. The van der Waals surface area contributed by atoms with Gasteiger partial charge in [-0.1, -0.05) is 25.3 Å². The van der Waals surface area contributed by atoms with Gasteiger partial charge in [-0.2, -0.15) is 0 Å². The molecule has 0 aromatic carbocycles. The number of esters is 1. The molecule has 0 bridgehead atoms. The number of unbranched alkanes of at least 4 members (excludes halogenated alkanes) is 5. The van der Waals surface area contributed by atoms with Crippen molar-refractivity contribution >= 4 is 11.9 Å². The monoisotopic (exact) mass is 314 g/mol. The Morgan fingerprint density at radius 2 is 1.73 bits per heavy atom. The van der Waals surface area contributed by atoms with E-state index in [-0.39, 0.29) is 12.4 Å². The molecule has 1 atom stereocenters. The van der Waals surface area contributed by atoms with Crippen molar-refractivity contribution in [3.05, 3.63) is 12.7 Å². The fraction of sp³-hybridized carbons (Fsp3) is 0.765. The molecule has 0 aromatic heterocycles. The summed E-state index contributed by atoms with van der Waals surface area (Å²) in [6.45, 7) is 4.19. The van der Waals surface area contributed by atoms with Gasteiger partial charge in [-0.15, -0.1) is 6.58 Å². The van der Waals surface area contributed by atoms with E-state index in [1.807, 2.05) is 27.2 Å². The first-order valence-corrected chi connectivity index (χ1v) is 8.07. The number of aliphatic carboxylic acids is 1. The van der Waals surface area contributed by atoms with Crippen LogP contribution in [-0.4, -0.2) is 55.3 Å². The van der Waals surface area contributed by atoms with Gasteiger partial charge in [-0.05, 0) is 19.3 Å². The molecule has 0 aliphatic heterocycles. The topological polar surface area (TPSA) is 63.6 Å². The fourth-order valence-corrected chi connectivity index (χ4v) is 2.28. The fourth-order valence-electron chi connectivity index (χ4n) is 2.28. The van der Waals surface area contributed by atoms with Gasteiger partial charge in [0.15, 0.2) is 6.10 Å². The summed E-state index contributed by atoms with van der Waals surface area (Å²) in [4.78, 5) is 22.7. The summed E-state index contributed by atoms with van der Waals surface area (Å²) >= 11 is 0. The first-order chi connectivity index (χ1) is 10.2. The van der Waals surface area contributed by atoms with Crippen LogP contribution in [0.25, 0.3) is 0 Å². The van der Waals surface area contributed by atoms with Gasteiger partial charge in [0.05, 0.1) is 27.6 Å². The normalized spacial score (nSPS) is 12.7. The van der Waals surface area contributed by atoms with Crippen LogP contribution in [0, 0.1) is 0 Å². The van der Waals surface area contributed by atoms with Crippen molar-refractivity contribution in [2.24, 2.45) is 0 Å². The van der Waals surface area contributed by atoms with E-state index in [2.05, 4.69) is 6.58 Å². The summed E-state index contributed by atoms with van der Waals surface area (Å²) in [5.74, 6) is -1.22. The van der Waals surface area contributed by atoms with Crippen molar-refractivity contribution in [2.75, 3.05) is 27.7 Å². The number of quaternary nitrogens is 1. The molecule has 0 aromatic rings. The number of nitrogens with zero attached hydrogens (tertiary/aromatic N) is 1. The van der Waals surface area contributed by atoms with Crippen molar-refractivity contribution in [3.8, 4) is 0 Å². The average Bonchev–Trinajstić information content (AvgIpc) is 2.34. The predicted octanol–water partition coefficient (Wildman–Crippen LogP) is 3.00. The number of carbonyl (C=O) groups excluding carboxylic acids is 1. The molecule has 1 N–H and O–H groups in total. The lowest BCUT2D eigenvalue weighted by atomic mass is 10.1. The first kappa shape index (κ1) is 20.6. The van der Waals surface area contributed by atoms with Crippen LogP contribution >= 0.6 is 0 Å². The number of hydrogen-bond donors (Lipinski definition) is 1. The molecule has 0 radical (unpaired) electrons. The molecule has 5 heteroatoms. The summed E-state index contributed by atoms with van der Waals surface area (Å²) < 4.78 is 5.90. The molecule has 0 aliphatic rings. The molecule has 0 aliphatic carbocycles. The molecule has 22 heavy (non-hydrogen) atoms. The van der Waals surface area contributed by atoms with Crippen LogP contribution in [-0.2, 0) is 14.3 Å². The second-order valence-corrected chi connectivity index (χ2v) is 6.78. The van der Waals surface area contributed by atoms with Crippen molar-refractivity contribution in [1.29, 1.82) is 0 Å². The van der Waals surface area contributed by atoms with E-state index >= 15 is 0 Å². The number of rotatable bonds is 13. The van der Waals surface area contributed by atoms with Gasteiger partial charge in [0.25, 0.3) is 0 Å². The molecule has 0 rings (SSSR count). The highest BCUT2D eigenvalue weighted by Crippen LogP contribution is 2.10. The average molecular weight is 314 g/mol. The largest absolute Gasteiger partial charge is 0.481 e. The lowest BCUT2D eigenvalue weighted by Gasteiger charge is -2.28. The molecule has 1 unspecified atom stereocenters.